The molecule has 6 heteroatoms. The highest BCUT2D eigenvalue weighted by molar-refractivity contribution is 5.77. The fraction of sp³-hybridized carbons (Fsp3) is 0.625. The van der Waals surface area contributed by atoms with Crippen molar-refractivity contribution in [1.29, 1.82) is 0 Å². The number of carbonyl (C=O) groups excluding carboxylic acids is 2. The highest BCUT2D eigenvalue weighted by Gasteiger charge is 2.37. The van der Waals surface area contributed by atoms with Crippen molar-refractivity contribution in [3.05, 3.63) is 59.7 Å². The molecular weight excluding hydrogens is 474 g/mol. The summed E-state index contributed by atoms with van der Waals surface area (Å²) < 4.78 is 5.53. The number of benzene rings is 1. The van der Waals surface area contributed by atoms with Gasteiger partial charge in [-0.15, -0.1) is 0 Å². The van der Waals surface area contributed by atoms with Crippen LogP contribution >= 0.6 is 0 Å². The molecule has 0 aromatic heterocycles. The number of hydrogen-bond donors (Lipinski definition) is 0. The lowest BCUT2D eigenvalue weighted by Gasteiger charge is -2.47. The molecule has 38 heavy (non-hydrogen) atoms. The Bertz CT molecular complexity index is 1000. The summed E-state index contributed by atoms with van der Waals surface area (Å²) in [6, 6.07) is 11.3. The van der Waals surface area contributed by atoms with Crippen LogP contribution < -0.4 is 0 Å². The van der Waals surface area contributed by atoms with Crippen LogP contribution in [0.15, 0.2) is 54.1 Å². The van der Waals surface area contributed by atoms with Gasteiger partial charge in [0.1, 0.15) is 5.60 Å². The van der Waals surface area contributed by atoms with Crippen molar-refractivity contribution in [3.8, 4) is 0 Å². The van der Waals surface area contributed by atoms with Gasteiger partial charge in [-0.1, -0.05) is 62.4 Å². The minimum absolute atomic E-state index is 0.198. The Labute approximate surface area is 229 Å². The molecular formula is C32H47N3O3. The molecule has 0 bridgehead atoms. The molecule has 1 aliphatic carbocycles. The zero-order valence-electron chi connectivity index (χ0n) is 24.1. The molecule has 1 aromatic carbocycles. The van der Waals surface area contributed by atoms with E-state index in [-0.39, 0.29) is 24.1 Å². The van der Waals surface area contributed by atoms with E-state index in [4.69, 9.17) is 4.74 Å². The molecule has 0 radical (unpaired) electrons. The zero-order valence-corrected chi connectivity index (χ0v) is 24.1. The summed E-state index contributed by atoms with van der Waals surface area (Å²) in [4.78, 5) is 32.6. The molecule has 208 valence electrons. The van der Waals surface area contributed by atoms with Gasteiger partial charge in [0.05, 0.1) is 6.04 Å². The molecule has 0 spiro atoms. The van der Waals surface area contributed by atoms with Crippen LogP contribution in [0.4, 0.5) is 4.79 Å². The summed E-state index contributed by atoms with van der Waals surface area (Å²) in [5.41, 5.74) is 2.33. The van der Waals surface area contributed by atoms with Crippen molar-refractivity contribution < 1.29 is 14.3 Å². The van der Waals surface area contributed by atoms with Crippen LogP contribution in [0.1, 0.15) is 78.3 Å². The Kier molecular flexibility index (Phi) is 9.35. The molecule has 3 aliphatic rings. The normalized spacial score (nSPS) is 22.4. The van der Waals surface area contributed by atoms with E-state index >= 15 is 0 Å². The van der Waals surface area contributed by atoms with Crippen molar-refractivity contribution in [2.24, 2.45) is 11.8 Å². The van der Waals surface area contributed by atoms with Crippen LogP contribution in [0.3, 0.4) is 0 Å². The lowest BCUT2D eigenvalue weighted by Crippen LogP contribution is -2.58. The first-order chi connectivity index (χ1) is 18.1. The first-order valence-corrected chi connectivity index (χ1v) is 14.5. The van der Waals surface area contributed by atoms with E-state index in [0.717, 1.165) is 45.3 Å². The van der Waals surface area contributed by atoms with E-state index in [0.29, 0.717) is 31.3 Å². The maximum absolute atomic E-state index is 13.6. The van der Waals surface area contributed by atoms with Crippen LogP contribution in [0, 0.1) is 11.8 Å². The van der Waals surface area contributed by atoms with E-state index in [1.165, 1.54) is 11.1 Å². The number of amides is 2. The molecule has 1 aromatic rings. The molecule has 2 aliphatic heterocycles. The summed E-state index contributed by atoms with van der Waals surface area (Å²) in [7, 11) is 0. The van der Waals surface area contributed by atoms with Crippen LogP contribution in [-0.4, -0.2) is 71.1 Å². The summed E-state index contributed by atoms with van der Waals surface area (Å²) in [5, 5.41) is 0. The number of likely N-dealkylation sites (tertiary alicyclic amines) is 1. The number of rotatable bonds is 6. The van der Waals surface area contributed by atoms with Gasteiger partial charge in [0.25, 0.3) is 0 Å². The molecule has 1 unspecified atom stereocenters. The van der Waals surface area contributed by atoms with Gasteiger partial charge in [-0.05, 0) is 69.4 Å². The second-order valence-corrected chi connectivity index (χ2v) is 12.5. The van der Waals surface area contributed by atoms with Gasteiger partial charge in [-0.25, -0.2) is 4.79 Å². The standard InChI is InChI=1S/C32H47N3O3/c1-24(2)28-23-34(30(26-12-8-6-9-13-26)27-14-10-7-11-15-27)20-21-35(28)29(36)22-25-16-18-33(19-17-25)31(37)38-32(3,4)5/h6-10,12-14,24-25,28,30H,11,15-23H2,1-5H3/t28-,30?/m1/s1. The van der Waals surface area contributed by atoms with Crippen molar-refractivity contribution in [2.45, 2.75) is 84.4 Å². The van der Waals surface area contributed by atoms with Crippen molar-refractivity contribution in [3.63, 3.8) is 0 Å². The third kappa shape index (κ3) is 7.28. The van der Waals surface area contributed by atoms with Crippen molar-refractivity contribution in [1.82, 2.24) is 14.7 Å². The lowest BCUT2D eigenvalue weighted by molar-refractivity contribution is -0.139. The summed E-state index contributed by atoms with van der Waals surface area (Å²) >= 11 is 0. The Morgan fingerprint density at radius 3 is 2.34 bits per heavy atom. The van der Waals surface area contributed by atoms with E-state index in [1.54, 1.807) is 4.90 Å². The Balaban J connectivity index is 1.39. The fourth-order valence-corrected chi connectivity index (χ4v) is 6.10. The topological polar surface area (TPSA) is 53.1 Å². The van der Waals surface area contributed by atoms with Crippen molar-refractivity contribution in [2.75, 3.05) is 32.7 Å². The van der Waals surface area contributed by atoms with Gasteiger partial charge in [-0.3, -0.25) is 9.69 Å². The lowest BCUT2D eigenvalue weighted by atomic mass is 9.88. The largest absolute Gasteiger partial charge is 0.444 e. The molecule has 0 N–H and O–H groups in total. The molecule has 4 rings (SSSR count). The van der Waals surface area contributed by atoms with Crippen molar-refractivity contribution >= 4 is 12.0 Å². The number of allylic oxidation sites excluding steroid dienone is 3. The van der Waals surface area contributed by atoms with E-state index in [9.17, 15) is 9.59 Å². The SMILES string of the molecule is CC(C)[C@H]1CN(C(C2=CC=CCC2)c2ccccc2)CCN1C(=O)CC1CCN(C(=O)OC(C)(C)C)CC1. The number of piperazine rings is 1. The Hall–Kier alpha value is -2.60. The quantitative estimate of drug-likeness (QED) is 0.447. The van der Waals surface area contributed by atoms with Gasteiger partial charge in [0.15, 0.2) is 0 Å². The summed E-state index contributed by atoms with van der Waals surface area (Å²) in [6.45, 7) is 14.0. The predicted octanol–water partition coefficient (Wildman–Crippen LogP) is 6.21. The highest BCUT2D eigenvalue weighted by atomic mass is 16.6. The van der Waals surface area contributed by atoms with Crippen LogP contribution in [0.2, 0.25) is 0 Å². The van der Waals surface area contributed by atoms with E-state index < -0.39 is 5.60 Å². The van der Waals surface area contributed by atoms with Gasteiger partial charge in [0.2, 0.25) is 5.91 Å². The minimum atomic E-state index is -0.484. The molecule has 6 nitrogen and oxygen atoms in total. The maximum Gasteiger partial charge on any atom is 0.410 e. The third-order valence-corrected chi connectivity index (χ3v) is 8.15. The minimum Gasteiger partial charge on any atom is -0.444 e. The fourth-order valence-electron chi connectivity index (χ4n) is 6.10. The average Bonchev–Trinajstić information content (AvgIpc) is 2.89. The number of hydrogen-bond acceptors (Lipinski definition) is 4. The summed E-state index contributed by atoms with van der Waals surface area (Å²) in [6.07, 6.45) is 11.0. The number of ether oxygens (including phenoxy) is 1. The average molecular weight is 522 g/mol. The molecule has 2 fully saturated rings. The van der Waals surface area contributed by atoms with Gasteiger partial charge in [-0.2, -0.15) is 0 Å². The zero-order chi connectivity index (χ0) is 27.3. The first-order valence-electron chi connectivity index (χ1n) is 14.5. The Morgan fingerprint density at radius 1 is 1.03 bits per heavy atom. The number of piperidine rings is 1. The smallest absolute Gasteiger partial charge is 0.410 e. The van der Waals surface area contributed by atoms with Gasteiger partial charge >= 0.3 is 6.09 Å². The third-order valence-electron chi connectivity index (χ3n) is 8.15. The second kappa shape index (κ2) is 12.5. The monoisotopic (exact) mass is 521 g/mol. The van der Waals surface area contributed by atoms with Crippen LogP contribution in [-0.2, 0) is 9.53 Å². The van der Waals surface area contributed by atoms with Crippen LogP contribution in [0.25, 0.3) is 0 Å². The van der Waals surface area contributed by atoms with E-state index in [2.05, 4.69) is 72.2 Å². The van der Waals surface area contributed by atoms with E-state index in [1.807, 2.05) is 20.8 Å². The molecule has 2 heterocycles. The predicted molar refractivity (Wildman–Crippen MR) is 153 cm³/mol. The summed E-state index contributed by atoms with van der Waals surface area (Å²) in [5.74, 6) is 0.978. The van der Waals surface area contributed by atoms with Gasteiger partial charge < -0.3 is 14.5 Å². The highest BCUT2D eigenvalue weighted by Crippen LogP contribution is 2.36. The number of nitrogens with zero attached hydrogens (tertiary/aromatic N) is 3. The maximum atomic E-state index is 13.6. The molecule has 2 saturated heterocycles. The molecule has 2 atom stereocenters. The van der Waals surface area contributed by atoms with Crippen LogP contribution in [0.5, 0.6) is 0 Å². The molecule has 2 amide bonds. The Morgan fingerprint density at radius 2 is 1.74 bits per heavy atom. The molecule has 0 saturated carbocycles. The first kappa shape index (κ1) is 28.4. The number of carbonyl (C=O) groups is 2. The second-order valence-electron chi connectivity index (χ2n) is 12.5. The van der Waals surface area contributed by atoms with Gasteiger partial charge in [0, 0.05) is 45.2 Å².